The molecular weight excluding hydrogens is 721 g/mol. The van der Waals surface area contributed by atoms with E-state index in [0.717, 1.165) is 62.8 Å². The molecule has 0 saturated carbocycles. The van der Waals surface area contributed by atoms with E-state index >= 15 is 0 Å². The van der Waals surface area contributed by atoms with Crippen LogP contribution in [0.4, 0.5) is 0 Å². The Morgan fingerprint density at radius 2 is 0.895 bits per heavy atom. The molecule has 2 atom stereocenters. The third kappa shape index (κ3) is 33.3. The second kappa shape index (κ2) is 40.2. The van der Waals surface area contributed by atoms with Crippen molar-refractivity contribution in [2.75, 3.05) is 6.61 Å². The lowest BCUT2D eigenvalue weighted by Gasteiger charge is -2.17. The molecule has 1 rings (SSSR count). The van der Waals surface area contributed by atoms with Gasteiger partial charge in [0.1, 0.15) is 0 Å². The Bertz CT molecular complexity index is 1110. The van der Waals surface area contributed by atoms with E-state index in [4.69, 9.17) is 4.18 Å². The van der Waals surface area contributed by atoms with Gasteiger partial charge in [-0.25, -0.2) is 0 Å². The van der Waals surface area contributed by atoms with E-state index in [9.17, 15) is 13.5 Å². The SMILES string of the molecule is CCCCCCCC/C=C\CCCCCCCCC(CCCC)CCCCCCC(O)CCCCc1ccccc1S(=O)(=O)OCCCCCCCCCCCC. The maximum Gasteiger partial charge on any atom is 0.297 e. The number of hydrogen-bond donors (Lipinski definition) is 1. The topological polar surface area (TPSA) is 63.6 Å². The summed E-state index contributed by atoms with van der Waals surface area (Å²) in [6, 6.07) is 7.30. The first-order valence-corrected chi connectivity index (χ1v) is 26.7. The van der Waals surface area contributed by atoms with Gasteiger partial charge in [0.25, 0.3) is 10.1 Å². The van der Waals surface area contributed by atoms with Crippen molar-refractivity contribution in [3.63, 3.8) is 0 Å². The Hall–Kier alpha value is -1.17. The van der Waals surface area contributed by atoms with Crippen LogP contribution in [0.5, 0.6) is 0 Å². The van der Waals surface area contributed by atoms with Crippen LogP contribution in [-0.2, 0) is 20.7 Å². The fourth-order valence-corrected chi connectivity index (χ4v) is 9.59. The smallest absolute Gasteiger partial charge is 0.297 e. The van der Waals surface area contributed by atoms with Gasteiger partial charge in [0.05, 0.1) is 17.6 Å². The first-order valence-electron chi connectivity index (χ1n) is 25.2. The van der Waals surface area contributed by atoms with Crippen LogP contribution in [0.25, 0.3) is 0 Å². The fraction of sp³-hybridized carbons (Fsp3) is 0.846. The van der Waals surface area contributed by atoms with Gasteiger partial charge in [-0.2, -0.15) is 8.42 Å². The number of allylic oxidation sites excluding steroid dienone is 2. The summed E-state index contributed by atoms with van der Waals surface area (Å²) in [5, 5.41) is 10.7. The average Bonchev–Trinajstić information content (AvgIpc) is 3.21. The highest BCUT2D eigenvalue weighted by atomic mass is 32.2. The molecule has 0 bridgehead atoms. The first kappa shape index (κ1) is 53.8. The van der Waals surface area contributed by atoms with Crippen molar-refractivity contribution >= 4 is 10.1 Å². The van der Waals surface area contributed by atoms with E-state index < -0.39 is 10.1 Å². The van der Waals surface area contributed by atoms with Gasteiger partial charge in [0.15, 0.2) is 0 Å². The number of aliphatic hydroxyl groups excluding tert-OH is 1. The van der Waals surface area contributed by atoms with Crippen molar-refractivity contribution in [3.8, 4) is 0 Å². The van der Waals surface area contributed by atoms with Gasteiger partial charge >= 0.3 is 0 Å². The standard InChI is InChI=1S/C52H96O4S/c1-4-7-10-12-14-16-18-19-20-21-22-23-24-26-28-32-41-49(40-9-6-3)42-33-29-30-34-45-51(53)46-37-35-43-50-44-36-38-47-52(50)57(54,55)56-48-39-31-27-25-17-15-13-11-8-5-2/h19-20,36,38,44,47,49,51,53H,4-18,21-35,37,39-43,45-46,48H2,1-3H3/b20-19-. The molecule has 0 saturated heterocycles. The minimum absolute atomic E-state index is 0.253. The molecule has 5 heteroatoms. The largest absolute Gasteiger partial charge is 0.393 e. The highest BCUT2D eigenvalue weighted by Gasteiger charge is 2.19. The summed E-state index contributed by atoms with van der Waals surface area (Å²) in [6.07, 6.45) is 52.0. The van der Waals surface area contributed by atoms with E-state index in [2.05, 4.69) is 32.9 Å². The second-order valence-electron chi connectivity index (χ2n) is 17.7. The van der Waals surface area contributed by atoms with Crippen molar-refractivity contribution in [3.05, 3.63) is 42.0 Å². The molecular formula is C52H96O4S. The Morgan fingerprint density at radius 1 is 0.491 bits per heavy atom. The van der Waals surface area contributed by atoms with Crippen LogP contribution in [0, 0.1) is 5.92 Å². The molecule has 2 unspecified atom stereocenters. The van der Waals surface area contributed by atoms with Crippen LogP contribution in [0.2, 0.25) is 0 Å². The molecule has 0 amide bonds. The van der Waals surface area contributed by atoms with Crippen molar-refractivity contribution < 1.29 is 17.7 Å². The minimum atomic E-state index is -3.75. The average molecular weight is 817 g/mol. The van der Waals surface area contributed by atoms with E-state index in [1.165, 1.54) is 186 Å². The number of hydrogen-bond acceptors (Lipinski definition) is 4. The number of aliphatic hydroxyl groups is 1. The summed E-state index contributed by atoms with van der Waals surface area (Å²) >= 11 is 0. The van der Waals surface area contributed by atoms with Gasteiger partial charge in [0.2, 0.25) is 0 Å². The molecule has 0 spiro atoms. The fourth-order valence-electron chi connectivity index (χ4n) is 8.39. The van der Waals surface area contributed by atoms with Gasteiger partial charge in [-0.05, 0) is 75.3 Å². The van der Waals surface area contributed by atoms with E-state index in [1.807, 2.05) is 12.1 Å². The van der Waals surface area contributed by atoms with Crippen LogP contribution < -0.4 is 0 Å². The third-order valence-electron chi connectivity index (χ3n) is 12.2. The molecule has 1 aromatic rings. The molecule has 1 N–H and O–H groups in total. The lowest BCUT2D eigenvalue weighted by molar-refractivity contribution is 0.147. The molecule has 4 nitrogen and oxygen atoms in total. The van der Waals surface area contributed by atoms with E-state index in [-0.39, 0.29) is 12.7 Å². The molecule has 0 fully saturated rings. The molecule has 0 aromatic heterocycles. The van der Waals surface area contributed by atoms with Gasteiger partial charge in [0, 0.05) is 0 Å². The predicted molar refractivity (Wildman–Crippen MR) is 250 cm³/mol. The van der Waals surface area contributed by atoms with Gasteiger partial charge in [-0.3, -0.25) is 4.18 Å². The van der Waals surface area contributed by atoms with Crippen molar-refractivity contribution in [1.29, 1.82) is 0 Å². The molecule has 1 aromatic carbocycles. The highest BCUT2D eigenvalue weighted by molar-refractivity contribution is 7.86. The summed E-state index contributed by atoms with van der Waals surface area (Å²) in [4.78, 5) is 0.317. The van der Waals surface area contributed by atoms with Crippen LogP contribution in [0.15, 0.2) is 41.3 Å². The van der Waals surface area contributed by atoms with Gasteiger partial charge < -0.3 is 5.11 Å². The van der Waals surface area contributed by atoms with Crippen molar-refractivity contribution in [2.45, 2.75) is 276 Å². The van der Waals surface area contributed by atoms with Crippen LogP contribution >= 0.6 is 0 Å². The third-order valence-corrected chi connectivity index (χ3v) is 13.6. The molecule has 0 heterocycles. The number of rotatable bonds is 44. The molecule has 0 radical (unpaired) electrons. The summed E-state index contributed by atoms with van der Waals surface area (Å²) in [6.45, 7) is 7.12. The number of unbranched alkanes of at least 4 members (excludes halogenated alkanes) is 26. The summed E-state index contributed by atoms with van der Waals surface area (Å²) < 4.78 is 31.5. The highest BCUT2D eigenvalue weighted by Crippen LogP contribution is 2.25. The van der Waals surface area contributed by atoms with E-state index in [0.29, 0.717) is 11.3 Å². The summed E-state index contributed by atoms with van der Waals surface area (Å²) in [5.74, 6) is 0.906. The first-order chi connectivity index (χ1) is 27.9. The van der Waals surface area contributed by atoms with Crippen LogP contribution in [0.1, 0.15) is 264 Å². The minimum Gasteiger partial charge on any atom is -0.393 e. The van der Waals surface area contributed by atoms with Gasteiger partial charge in [-0.15, -0.1) is 0 Å². The summed E-state index contributed by atoms with van der Waals surface area (Å²) in [5.41, 5.74) is 0.833. The maximum absolute atomic E-state index is 13.0. The molecule has 0 aliphatic rings. The van der Waals surface area contributed by atoms with E-state index in [1.54, 1.807) is 12.1 Å². The molecule has 0 aliphatic carbocycles. The zero-order chi connectivity index (χ0) is 41.3. The summed E-state index contributed by atoms with van der Waals surface area (Å²) in [7, 11) is -3.75. The normalized spacial score (nSPS) is 13.2. The van der Waals surface area contributed by atoms with Crippen molar-refractivity contribution in [2.24, 2.45) is 5.92 Å². The Morgan fingerprint density at radius 3 is 1.42 bits per heavy atom. The quantitative estimate of drug-likeness (QED) is 0.0405. The zero-order valence-corrected chi connectivity index (χ0v) is 39.1. The molecule has 334 valence electrons. The number of aryl methyl sites for hydroxylation is 1. The lowest BCUT2D eigenvalue weighted by atomic mass is 9.90. The maximum atomic E-state index is 13.0. The lowest BCUT2D eigenvalue weighted by Crippen LogP contribution is -2.11. The zero-order valence-electron chi connectivity index (χ0n) is 38.3. The Kier molecular flexibility index (Phi) is 38.0. The molecule has 57 heavy (non-hydrogen) atoms. The van der Waals surface area contributed by atoms with Gasteiger partial charge in [-0.1, -0.05) is 237 Å². The monoisotopic (exact) mass is 817 g/mol. The second-order valence-corrected chi connectivity index (χ2v) is 19.3. The predicted octanol–water partition coefficient (Wildman–Crippen LogP) is 17.0. The molecule has 0 aliphatic heterocycles. The number of benzene rings is 1. The Labute approximate surface area is 356 Å². The van der Waals surface area contributed by atoms with Crippen LogP contribution in [-0.4, -0.2) is 26.2 Å². The van der Waals surface area contributed by atoms with Crippen LogP contribution in [0.3, 0.4) is 0 Å². The Balaban J connectivity index is 2.12. The van der Waals surface area contributed by atoms with Crippen molar-refractivity contribution in [1.82, 2.24) is 0 Å².